The first-order valence-electron chi connectivity index (χ1n) is 7.09. The Labute approximate surface area is 122 Å². The minimum Gasteiger partial charge on any atom is -0.392 e. The first-order valence-corrected chi connectivity index (χ1v) is 9.79. The molecule has 0 aliphatic heterocycles. The molecule has 3 heteroatoms. The molecule has 0 saturated carbocycles. The third kappa shape index (κ3) is 3.18. The quantitative estimate of drug-likeness (QED) is 0.820. The zero-order chi connectivity index (χ0) is 14.6. The number of benzene rings is 2. The van der Waals surface area contributed by atoms with Crippen LogP contribution in [0.2, 0.25) is 12.6 Å². The summed E-state index contributed by atoms with van der Waals surface area (Å²) in [5.74, 6) is 0. The maximum Gasteiger partial charge on any atom is 0.117 e. The largest absolute Gasteiger partial charge is 0.392 e. The van der Waals surface area contributed by atoms with Gasteiger partial charge in [-0.3, -0.25) is 0 Å². The monoisotopic (exact) mass is 285 g/mol. The highest BCUT2D eigenvalue weighted by molar-refractivity contribution is 7.01. The van der Waals surface area contributed by atoms with Crippen molar-refractivity contribution in [1.29, 1.82) is 0 Å². The van der Waals surface area contributed by atoms with E-state index in [9.17, 15) is 5.11 Å². The Morgan fingerprint density at radius 2 is 1.35 bits per heavy atom. The number of aliphatic hydroxyl groups is 1. The Morgan fingerprint density at radius 3 is 1.70 bits per heavy atom. The highest BCUT2D eigenvalue weighted by Crippen LogP contribution is 2.15. The van der Waals surface area contributed by atoms with Crippen molar-refractivity contribution in [3.63, 3.8) is 0 Å². The fraction of sp³-hybridized carbons (Fsp3) is 0.294. The smallest absolute Gasteiger partial charge is 0.117 e. The molecule has 0 heterocycles. The van der Waals surface area contributed by atoms with Gasteiger partial charge in [-0.15, -0.1) is 0 Å². The van der Waals surface area contributed by atoms with Crippen molar-refractivity contribution >= 4 is 18.4 Å². The van der Waals surface area contributed by atoms with Gasteiger partial charge in [0.05, 0.1) is 6.10 Å². The van der Waals surface area contributed by atoms with Crippen LogP contribution in [0.5, 0.6) is 0 Å². The molecular weight excluding hydrogens is 262 g/mol. The Balaban J connectivity index is 2.44. The molecule has 3 N–H and O–H groups in total. The summed E-state index contributed by atoms with van der Waals surface area (Å²) < 4.78 is 0. The van der Waals surface area contributed by atoms with E-state index < -0.39 is 14.2 Å². The molecule has 2 aromatic carbocycles. The van der Waals surface area contributed by atoms with Crippen LogP contribution in [-0.4, -0.2) is 25.3 Å². The molecule has 0 fully saturated rings. The average Bonchev–Trinajstić information content (AvgIpc) is 2.48. The maximum absolute atomic E-state index is 10.3. The SMILES string of the molecule is CC(N)C(O)C[Si](C)(c1ccccc1)c1ccccc1. The molecule has 2 aromatic rings. The predicted octanol–water partition coefficient (Wildman–Crippen LogP) is 1.59. The van der Waals surface area contributed by atoms with Crippen molar-refractivity contribution < 1.29 is 5.11 Å². The molecule has 0 bridgehead atoms. The third-order valence-corrected chi connectivity index (χ3v) is 8.50. The summed E-state index contributed by atoms with van der Waals surface area (Å²) in [6, 6.07) is 21.6. The molecule has 0 aliphatic rings. The Hall–Kier alpha value is -1.42. The van der Waals surface area contributed by atoms with Gasteiger partial charge in [-0.1, -0.05) is 77.6 Å². The Kier molecular flexibility index (Phi) is 4.76. The van der Waals surface area contributed by atoms with Crippen LogP contribution in [-0.2, 0) is 0 Å². The lowest BCUT2D eigenvalue weighted by atomic mass is 10.2. The topological polar surface area (TPSA) is 46.2 Å². The van der Waals surface area contributed by atoms with Crippen molar-refractivity contribution in [2.75, 3.05) is 0 Å². The van der Waals surface area contributed by atoms with Crippen molar-refractivity contribution in [1.82, 2.24) is 0 Å². The van der Waals surface area contributed by atoms with Crippen LogP contribution in [0.15, 0.2) is 60.7 Å². The molecule has 0 saturated heterocycles. The summed E-state index contributed by atoms with van der Waals surface area (Å²) in [5, 5.41) is 13.0. The predicted molar refractivity (Wildman–Crippen MR) is 88.2 cm³/mol. The molecule has 20 heavy (non-hydrogen) atoms. The van der Waals surface area contributed by atoms with Gasteiger partial charge in [0.25, 0.3) is 0 Å². The van der Waals surface area contributed by atoms with Crippen LogP contribution in [0.25, 0.3) is 0 Å². The molecule has 0 aromatic heterocycles. The van der Waals surface area contributed by atoms with E-state index in [1.165, 1.54) is 10.4 Å². The van der Waals surface area contributed by atoms with Gasteiger partial charge in [-0.2, -0.15) is 0 Å². The first kappa shape index (κ1) is 15.0. The summed E-state index contributed by atoms with van der Waals surface area (Å²) in [7, 11) is -1.96. The normalized spacial score (nSPS) is 14.8. The van der Waals surface area contributed by atoms with E-state index >= 15 is 0 Å². The van der Waals surface area contributed by atoms with Crippen LogP contribution in [0, 0.1) is 0 Å². The van der Waals surface area contributed by atoms with E-state index in [-0.39, 0.29) is 6.04 Å². The molecule has 0 amide bonds. The first-order chi connectivity index (χ1) is 9.54. The number of rotatable bonds is 5. The number of aliphatic hydroxyl groups excluding tert-OH is 1. The molecule has 2 rings (SSSR count). The van der Waals surface area contributed by atoms with E-state index in [0.29, 0.717) is 0 Å². The standard InChI is InChI=1S/C17H23NOSi/c1-14(18)17(19)13-20(2,15-9-5-3-6-10-15)16-11-7-4-8-12-16/h3-12,14,17,19H,13,18H2,1-2H3. The summed E-state index contributed by atoms with van der Waals surface area (Å²) >= 11 is 0. The Bertz CT molecular complexity index is 488. The van der Waals surface area contributed by atoms with Gasteiger partial charge in [0.2, 0.25) is 0 Å². The van der Waals surface area contributed by atoms with E-state index in [2.05, 4.69) is 55.1 Å². The summed E-state index contributed by atoms with van der Waals surface area (Å²) in [4.78, 5) is 0. The van der Waals surface area contributed by atoms with Gasteiger partial charge >= 0.3 is 0 Å². The fourth-order valence-corrected chi connectivity index (χ4v) is 6.49. The lowest BCUT2D eigenvalue weighted by Crippen LogP contribution is -2.58. The molecule has 0 aliphatic carbocycles. The second kappa shape index (κ2) is 6.35. The van der Waals surface area contributed by atoms with Crippen molar-refractivity contribution in [2.24, 2.45) is 5.73 Å². The highest BCUT2D eigenvalue weighted by atomic mass is 28.3. The van der Waals surface area contributed by atoms with E-state index in [1.807, 2.05) is 19.1 Å². The van der Waals surface area contributed by atoms with Gasteiger partial charge in [-0.05, 0) is 13.0 Å². The second-order valence-electron chi connectivity index (χ2n) is 5.69. The maximum atomic E-state index is 10.3. The van der Waals surface area contributed by atoms with Crippen LogP contribution in [0.3, 0.4) is 0 Å². The van der Waals surface area contributed by atoms with Crippen LogP contribution in [0.1, 0.15) is 6.92 Å². The number of nitrogens with two attached hydrogens (primary N) is 1. The summed E-state index contributed by atoms with van der Waals surface area (Å²) in [6.45, 7) is 4.18. The molecule has 0 spiro atoms. The second-order valence-corrected chi connectivity index (χ2v) is 9.92. The van der Waals surface area contributed by atoms with Gasteiger partial charge in [0.15, 0.2) is 0 Å². The molecular formula is C17H23NOSi. The minimum atomic E-state index is -1.96. The van der Waals surface area contributed by atoms with Crippen LogP contribution < -0.4 is 16.1 Å². The molecule has 2 atom stereocenters. The van der Waals surface area contributed by atoms with Crippen molar-refractivity contribution in [2.45, 2.75) is 31.7 Å². The van der Waals surface area contributed by atoms with Gasteiger partial charge in [0, 0.05) is 6.04 Å². The Morgan fingerprint density at radius 1 is 0.950 bits per heavy atom. The lowest BCUT2D eigenvalue weighted by Gasteiger charge is -2.32. The lowest BCUT2D eigenvalue weighted by molar-refractivity contribution is 0.169. The van der Waals surface area contributed by atoms with E-state index in [0.717, 1.165) is 6.04 Å². The fourth-order valence-electron chi connectivity index (χ4n) is 2.62. The van der Waals surface area contributed by atoms with Gasteiger partial charge in [-0.25, -0.2) is 0 Å². The molecule has 2 unspecified atom stereocenters. The van der Waals surface area contributed by atoms with E-state index in [1.54, 1.807) is 0 Å². The van der Waals surface area contributed by atoms with Crippen LogP contribution >= 0.6 is 0 Å². The van der Waals surface area contributed by atoms with E-state index in [4.69, 9.17) is 5.73 Å². The minimum absolute atomic E-state index is 0.200. The number of hydrogen-bond donors (Lipinski definition) is 2. The third-order valence-electron chi connectivity index (χ3n) is 4.05. The zero-order valence-corrected chi connectivity index (χ0v) is 13.2. The highest BCUT2D eigenvalue weighted by Gasteiger charge is 2.34. The molecule has 106 valence electrons. The molecule has 0 radical (unpaired) electrons. The average molecular weight is 285 g/mol. The summed E-state index contributed by atoms with van der Waals surface area (Å²) in [5.41, 5.74) is 5.87. The van der Waals surface area contributed by atoms with Crippen molar-refractivity contribution in [3.8, 4) is 0 Å². The number of hydrogen-bond acceptors (Lipinski definition) is 2. The van der Waals surface area contributed by atoms with Crippen molar-refractivity contribution in [3.05, 3.63) is 60.7 Å². The molecule has 2 nitrogen and oxygen atoms in total. The van der Waals surface area contributed by atoms with Crippen LogP contribution in [0.4, 0.5) is 0 Å². The summed E-state index contributed by atoms with van der Waals surface area (Å²) in [6.07, 6.45) is -0.466. The zero-order valence-electron chi connectivity index (χ0n) is 12.2. The van der Waals surface area contributed by atoms with Gasteiger partial charge < -0.3 is 10.8 Å². The van der Waals surface area contributed by atoms with Gasteiger partial charge in [0.1, 0.15) is 8.07 Å².